The lowest BCUT2D eigenvalue weighted by Crippen LogP contribution is -2.07. The molecule has 0 amide bonds. The molecule has 0 aliphatic rings. The van der Waals surface area contributed by atoms with E-state index in [0.717, 1.165) is 115 Å². The molecule has 0 radical (unpaired) electrons. The zero-order valence-corrected chi connectivity index (χ0v) is 38.4. The van der Waals surface area contributed by atoms with Gasteiger partial charge < -0.3 is 8.83 Å². The van der Waals surface area contributed by atoms with Crippen molar-refractivity contribution < 1.29 is 8.83 Å². The van der Waals surface area contributed by atoms with Gasteiger partial charge in [0.25, 0.3) is 0 Å². The van der Waals surface area contributed by atoms with Gasteiger partial charge in [0.05, 0.1) is 11.0 Å². The second kappa shape index (κ2) is 15.7. The van der Waals surface area contributed by atoms with E-state index in [1.807, 2.05) is 18.2 Å². The van der Waals surface area contributed by atoms with Gasteiger partial charge in [-0.05, 0) is 68.0 Å². The quantitative estimate of drug-likeness (QED) is 0.165. The summed E-state index contributed by atoms with van der Waals surface area (Å²) < 4.78 is 15.7. The molecule has 0 aliphatic carbocycles. The van der Waals surface area contributed by atoms with Crippen LogP contribution in [0.3, 0.4) is 0 Å². The number of hydrogen-bond donors (Lipinski definition) is 0. The molecule has 0 saturated carbocycles. The largest absolute Gasteiger partial charge is 0.456 e. The van der Waals surface area contributed by atoms with E-state index in [1.165, 1.54) is 22.6 Å². The van der Waals surface area contributed by atoms with Gasteiger partial charge in [0.1, 0.15) is 22.3 Å². The van der Waals surface area contributed by atoms with Crippen molar-refractivity contribution in [3.8, 4) is 39.9 Å². The number of nitrogens with zero attached hydrogens (tertiary/aromatic N) is 4. The zero-order chi connectivity index (χ0) is 46.5. The highest BCUT2D eigenvalue weighted by Gasteiger charge is 2.26. The average Bonchev–Trinajstić information content (AvgIpc) is 4.11. The van der Waals surface area contributed by atoms with E-state index in [-0.39, 0.29) is 0 Å². The van der Waals surface area contributed by atoms with Crippen LogP contribution in [0.4, 0.5) is 0 Å². The van der Waals surface area contributed by atoms with Gasteiger partial charge >= 0.3 is 0 Å². The molecule has 0 spiro atoms. The number of hydrogen-bond acceptors (Lipinski definition) is 5. The summed E-state index contributed by atoms with van der Waals surface area (Å²) in [6.07, 6.45) is 1.25. The number of rotatable bonds is 4. The highest BCUT2D eigenvalue weighted by atomic mass is 16.3. The summed E-state index contributed by atoms with van der Waals surface area (Å²) in [5.41, 5.74) is 9.02. The van der Waals surface area contributed by atoms with E-state index < -0.39 is 0 Å². The second-order valence-electron chi connectivity index (χ2n) is 18.2. The summed E-state index contributed by atoms with van der Waals surface area (Å²) in [5.74, 6) is 1.62. The molecule has 0 N–H and O–H groups in total. The highest BCUT2D eigenvalue weighted by Crippen LogP contribution is 2.47. The van der Waals surface area contributed by atoms with Gasteiger partial charge in [0, 0.05) is 60.0 Å². The van der Waals surface area contributed by atoms with Crippen molar-refractivity contribution in [2.24, 2.45) is 0 Å². The Labute approximate surface area is 401 Å². The van der Waals surface area contributed by atoms with Crippen LogP contribution in [-0.4, -0.2) is 19.5 Å². The van der Waals surface area contributed by atoms with Crippen molar-refractivity contribution in [3.63, 3.8) is 0 Å². The number of furan rings is 2. The zero-order valence-electron chi connectivity index (χ0n) is 38.4. The minimum absolute atomic E-state index is 0.508. The van der Waals surface area contributed by atoms with Gasteiger partial charge in [0.2, 0.25) is 5.95 Å². The Hall–Kier alpha value is -9.13. The van der Waals surface area contributed by atoms with Crippen LogP contribution in [0.15, 0.2) is 215 Å². The van der Waals surface area contributed by atoms with Gasteiger partial charge in [-0.15, -0.1) is 0 Å². The number of para-hydroxylation sites is 3. The van der Waals surface area contributed by atoms with Crippen LogP contribution in [0.2, 0.25) is 0 Å². The van der Waals surface area contributed by atoms with Gasteiger partial charge in [-0.2, -0.15) is 9.97 Å². The summed E-state index contributed by atoms with van der Waals surface area (Å²) >= 11 is 0. The van der Waals surface area contributed by atoms with Crippen LogP contribution < -0.4 is 0 Å². The van der Waals surface area contributed by atoms with Crippen LogP contribution in [0.1, 0.15) is 20.3 Å². The Morgan fingerprint density at radius 2 is 0.929 bits per heavy atom. The maximum absolute atomic E-state index is 6.94. The molecule has 11 aromatic carbocycles. The minimum Gasteiger partial charge on any atom is -0.456 e. The topological polar surface area (TPSA) is 69.9 Å². The third-order valence-corrected chi connectivity index (χ3v) is 13.8. The van der Waals surface area contributed by atoms with Crippen LogP contribution in [0, 0.1) is 0 Å². The number of benzene rings is 11. The normalized spacial score (nSPS) is 11.9. The highest BCUT2D eigenvalue weighted by molar-refractivity contribution is 6.33. The maximum Gasteiger partial charge on any atom is 0.238 e. The Bertz CT molecular complexity index is 4610. The van der Waals surface area contributed by atoms with Crippen LogP contribution >= 0.6 is 0 Å². The standard InChI is InChI=1S/C61H34N4O2.C3H8/c1-2-15-37-33-38(28-27-35(37)13-1)59-62-60(39-29-31-44-43-19-9-10-26-51(43)66-53(44)34-39)64-61(63-59)65-56-47(48-23-12-25-50-54-40-16-4-3-14-36(40)30-32-52(54)67-58(48)50)22-11-24-49(56)55-45-20-7-5-17-41(45)42-18-6-8-21-46(42)57(55)65;1-3-2/h1-34H;3H2,1-2H3. The third-order valence-electron chi connectivity index (χ3n) is 13.8. The molecule has 4 aromatic heterocycles. The summed E-state index contributed by atoms with van der Waals surface area (Å²) in [4.78, 5) is 16.3. The molecule has 6 nitrogen and oxygen atoms in total. The van der Waals surface area contributed by atoms with Gasteiger partial charge in [-0.1, -0.05) is 196 Å². The lowest BCUT2D eigenvalue weighted by atomic mass is 9.95. The molecular formula is C64H42N4O2. The van der Waals surface area contributed by atoms with Crippen LogP contribution in [-0.2, 0) is 0 Å². The van der Waals surface area contributed by atoms with Crippen LogP contribution in [0.25, 0.3) is 149 Å². The van der Waals surface area contributed by atoms with Gasteiger partial charge in [0.15, 0.2) is 11.6 Å². The molecular weight excluding hydrogens is 857 g/mol. The van der Waals surface area contributed by atoms with Gasteiger partial charge in [-0.25, -0.2) is 4.98 Å². The molecule has 15 aromatic rings. The van der Waals surface area contributed by atoms with Crippen molar-refractivity contribution in [2.75, 3.05) is 0 Å². The Morgan fingerprint density at radius 3 is 1.73 bits per heavy atom. The Kier molecular flexibility index (Phi) is 8.98. The first-order valence-corrected chi connectivity index (χ1v) is 24.0. The molecule has 330 valence electrons. The summed E-state index contributed by atoms with van der Waals surface area (Å²) in [7, 11) is 0. The fourth-order valence-corrected chi connectivity index (χ4v) is 10.8. The molecule has 0 saturated heterocycles. The first-order valence-electron chi connectivity index (χ1n) is 24.0. The molecule has 0 bridgehead atoms. The van der Waals surface area contributed by atoms with Crippen molar-refractivity contribution in [3.05, 3.63) is 206 Å². The van der Waals surface area contributed by atoms with E-state index in [9.17, 15) is 0 Å². The molecule has 0 unspecified atom stereocenters. The summed E-state index contributed by atoms with van der Waals surface area (Å²) in [6.45, 7) is 4.25. The van der Waals surface area contributed by atoms with Crippen LogP contribution in [0.5, 0.6) is 0 Å². The van der Waals surface area contributed by atoms with E-state index >= 15 is 0 Å². The average molecular weight is 899 g/mol. The SMILES string of the molecule is CCC.c1ccc2cc(-c3nc(-c4ccc5c(c4)oc4ccccc45)nc(-n4c5c(-c6cccc7c6oc6ccc8ccccc8c67)cccc5c5c6ccccc6c6ccccc6c54)n3)ccc2c1. The lowest BCUT2D eigenvalue weighted by Gasteiger charge is -2.14. The van der Waals surface area contributed by atoms with E-state index in [1.54, 1.807) is 0 Å². The Balaban J connectivity index is 0.00000150. The number of aromatic nitrogens is 4. The first kappa shape index (κ1) is 40.0. The van der Waals surface area contributed by atoms with E-state index in [4.69, 9.17) is 23.8 Å². The molecule has 6 heteroatoms. The molecule has 70 heavy (non-hydrogen) atoms. The molecule has 15 rings (SSSR count). The first-order chi connectivity index (χ1) is 34.6. The number of fused-ring (bicyclic) bond motifs is 17. The minimum atomic E-state index is 0.508. The molecule has 0 fully saturated rings. The molecule has 0 atom stereocenters. The second-order valence-corrected chi connectivity index (χ2v) is 18.2. The fraction of sp³-hybridized carbons (Fsp3) is 0.0469. The predicted molar refractivity (Wildman–Crippen MR) is 291 cm³/mol. The smallest absolute Gasteiger partial charge is 0.238 e. The van der Waals surface area contributed by atoms with Crippen molar-refractivity contribution >= 4 is 109 Å². The third kappa shape index (κ3) is 6.03. The molecule has 4 heterocycles. The summed E-state index contributed by atoms with van der Waals surface area (Å²) in [6, 6.07) is 72.6. The van der Waals surface area contributed by atoms with Crippen molar-refractivity contribution in [2.45, 2.75) is 20.3 Å². The Morgan fingerprint density at radius 1 is 0.357 bits per heavy atom. The van der Waals surface area contributed by atoms with Crippen molar-refractivity contribution in [1.82, 2.24) is 19.5 Å². The maximum atomic E-state index is 6.94. The van der Waals surface area contributed by atoms with Gasteiger partial charge in [-0.3, -0.25) is 4.57 Å². The lowest BCUT2D eigenvalue weighted by molar-refractivity contribution is 0.669. The van der Waals surface area contributed by atoms with E-state index in [2.05, 4.69) is 206 Å². The fourth-order valence-electron chi connectivity index (χ4n) is 10.8. The monoisotopic (exact) mass is 898 g/mol. The van der Waals surface area contributed by atoms with E-state index in [0.29, 0.717) is 17.6 Å². The molecule has 0 aliphatic heterocycles. The van der Waals surface area contributed by atoms with Crippen molar-refractivity contribution in [1.29, 1.82) is 0 Å². The summed E-state index contributed by atoms with van der Waals surface area (Å²) in [5, 5.41) is 15.7. The predicted octanol–water partition coefficient (Wildman–Crippen LogP) is 17.8.